The van der Waals surface area contributed by atoms with Crippen LogP contribution in [0.25, 0.3) is 6.08 Å². The third-order valence-corrected chi connectivity index (χ3v) is 2.10. The van der Waals surface area contributed by atoms with E-state index >= 15 is 0 Å². The van der Waals surface area contributed by atoms with Gasteiger partial charge in [0.05, 0.1) is 11.3 Å². The molecule has 1 N–H and O–H groups in total. The standard InChI is InChI=1S/C10H10N2O2S/c1-2-3-8-4-5-10(12-15(13)14)9(6-8)7-11/h2-6,12H,1H3,(H,13,14)/p-1/b3-2+. The van der Waals surface area contributed by atoms with E-state index in [1.54, 1.807) is 18.2 Å². The van der Waals surface area contributed by atoms with Gasteiger partial charge in [-0.3, -0.25) is 4.21 Å². The van der Waals surface area contributed by atoms with Crippen molar-refractivity contribution in [3.05, 3.63) is 35.4 Å². The minimum Gasteiger partial charge on any atom is -0.755 e. The minimum absolute atomic E-state index is 0.291. The molecule has 1 aromatic rings. The molecule has 4 nitrogen and oxygen atoms in total. The number of nitrogens with one attached hydrogen (secondary N) is 1. The van der Waals surface area contributed by atoms with Crippen LogP contribution in [0.3, 0.4) is 0 Å². The highest BCUT2D eigenvalue weighted by Gasteiger charge is 2.01. The van der Waals surface area contributed by atoms with Crippen molar-refractivity contribution in [1.29, 1.82) is 5.26 Å². The van der Waals surface area contributed by atoms with Crippen molar-refractivity contribution in [1.82, 2.24) is 0 Å². The van der Waals surface area contributed by atoms with Gasteiger partial charge in [-0.15, -0.1) is 0 Å². The number of allylic oxidation sites excluding steroid dienone is 1. The van der Waals surface area contributed by atoms with Gasteiger partial charge in [0.2, 0.25) is 0 Å². The summed E-state index contributed by atoms with van der Waals surface area (Å²) >= 11 is -2.41. The van der Waals surface area contributed by atoms with Gasteiger partial charge in [-0.1, -0.05) is 18.2 Å². The van der Waals surface area contributed by atoms with Gasteiger partial charge >= 0.3 is 0 Å². The molecule has 0 heterocycles. The van der Waals surface area contributed by atoms with Crippen molar-refractivity contribution in [2.24, 2.45) is 0 Å². The van der Waals surface area contributed by atoms with E-state index in [0.29, 0.717) is 11.3 Å². The summed E-state index contributed by atoms with van der Waals surface area (Å²) in [5, 5.41) is 8.81. The van der Waals surface area contributed by atoms with Gasteiger partial charge in [0.1, 0.15) is 6.07 Å². The quantitative estimate of drug-likeness (QED) is 0.790. The summed E-state index contributed by atoms with van der Waals surface area (Å²) in [7, 11) is 0. The Morgan fingerprint density at radius 1 is 1.60 bits per heavy atom. The number of hydrogen-bond acceptors (Lipinski definition) is 3. The molecule has 1 aromatic carbocycles. The first kappa shape index (κ1) is 11.4. The molecule has 0 radical (unpaired) electrons. The Morgan fingerprint density at radius 2 is 2.33 bits per heavy atom. The number of anilines is 1. The van der Waals surface area contributed by atoms with Crippen LogP contribution < -0.4 is 4.72 Å². The Balaban J connectivity index is 3.10. The monoisotopic (exact) mass is 221 g/mol. The minimum atomic E-state index is -2.41. The fourth-order valence-corrected chi connectivity index (χ4v) is 1.49. The average molecular weight is 221 g/mol. The third-order valence-electron chi connectivity index (χ3n) is 1.72. The molecular formula is C10H9N2O2S-. The highest BCUT2D eigenvalue weighted by atomic mass is 32.2. The van der Waals surface area contributed by atoms with E-state index in [-0.39, 0.29) is 0 Å². The molecule has 0 aliphatic heterocycles. The molecule has 0 bridgehead atoms. The predicted octanol–water partition coefficient (Wildman–Crippen LogP) is 1.80. The SMILES string of the molecule is C/C=C/c1ccc(NS(=O)[O-])c(C#N)c1. The molecule has 0 saturated carbocycles. The van der Waals surface area contributed by atoms with Crippen molar-refractivity contribution in [3.63, 3.8) is 0 Å². The van der Waals surface area contributed by atoms with E-state index in [1.807, 2.05) is 25.1 Å². The van der Waals surface area contributed by atoms with Crippen LogP contribution in [0.2, 0.25) is 0 Å². The second-order valence-corrected chi connectivity index (χ2v) is 3.43. The van der Waals surface area contributed by atoms with Crippen LogP contribution in [0.5, 0.6) is 0 Å². The smallest absolute Gasteiger partial charge is 0.101 e. The lowest BCUT2D eigenvalue weighted by Gasteiger charge is -2.10. The van der Waals surface area contributed by atoms with E-state index in [2.05, 4.69) is 4.72 Å². The third kappa shape index (κ3) is 3.20. The van der Waals surface area contributed by atoms with E-state index in [0.717, 1.165) is 5.56 Å². The first-order chi connectivity index (χ1) is 7.17. The van der Waals surface area contributed by atoms with Crippen LogP contribution in [0.15, 0.2) is 24.3 Å². The molecule has 0 aliphatic carbocycles. The maximum absolute atomic E-state index is 10.4. The summed E-state index contributed by atoms with van der Waals surface area (Å²) in [4.78, 5) is 0. The largest absolute Gasteiger partial charge is 0.755 e. The van der Waals surface area contributed by atoms with Gasteiger partial charge in [-0.2, -0.15) is 5.26 Å². The molecule has 5 heteroatoms. The molecule has 0 aromatic heterocycles. The zero-order chi connectivity index (χ0) is 11.3. The molecule has 78 valence electrons. The Hall–Kier alpha value is -1.64. The lowest BCUT2D eigenvalue weighted by Crippen LogP contribution is -2.03. The Kier molecular flexibility index (Phi) is 4.03. The number of nitriles is 1. The highest BCUT2D eigenvalue weighted by molar-refractivity contribution is 7.80. The molecule has 1 unspecified atom stereocenters. The number of benzene rings is 1. The predicted molar refractivity (Wildman–Crippen MR) is 58.4 cm³/mol. The molecule has 0 fully saturated rings. The van der Waals surface area contributed by atoms with Crippen LogP contribution in [-0.2, 0) is 11.3 Å². The maximum Gasteiger partial charge on any atom is 0.101 e. The lowest BCUT2D eigenvalue weighted by molar-refractivity contribution is 0.542. The van der Waals surface area contributed by atoms with E-state index in [1.165, 1.54) is 0 Å². The molecule has 0 aliphatic rings. The second kappa shape index (κ2) is 5.29. The normalized spacial score (nSPS) is 12.3. The molecule has 0 spiro atoms. The maximum atomic E-state index is 10.4. The molecule has 1 rings (SSSR count). The van der Waals surface area contributed by atoms with Crippen LogP contribution in [0.4, 0.5) is 5.69 Å². The fraction of sp³-hybridized carbons (Fsp3) is 0.100. The van der Waals surface area contributed by atoms with Crippen LogP contribution in [0, 0.1) is 11.3 Å². The van der Waals surface area contributed by atoms with E-state index < -0.39 is 11.3 Å². The number of rotatable bonds is 3. The summed E-state index contributed by atoms with van der Waals surface area (Å²) < 4.78 is 23.0. The summed E-state index contributed by atoms with van der Waals surface area (Å²) in [6.07, 6.45) is 3.67. The number of hydrogen-bond donors (Lipinski definition) is 1. The average Bonchev–Trinajstić information content (AvgIpc) is 2.20. The van der Waals surface area contributed by atoms with Crippen LogP contribution in [0.1, 0.15) is 18.1 Å². The first-order valence-electron chi connectivity index (χ1n) is 4.20. The second-order valence-electron chi connectivity index (χ2n) is 2.75. The van der Waals surface area contributed by atoms with Gasteiger partial charge in [0.25, 0.3) is 0 Å². The van der Waals surface area contributed by atoms with Crippen molar-refractivity contribution in [2.75, 3.05) is 4.72 Å². The van der Waals surface area contributed by atoms with Gasteiger partial charge in [-0.05, 0) is 24.6 Å². The van der Waals surface area contributed by atoms with Gasteiger partial charge in [0.15, 0.2) is 0 Å². The summed E-state index contributed by atoms with van der Waals surface area (Å²) in [5.41, 5.74) is 1.45. The Bertz CT molecular complexity index is 449. The highest BCUT2D eigenvalue weighted by Crippen LogP contribution is 2.17. The Labute approximate surface area is 90.7 Å². The van der Waals surface area contributed by atoms with Crippen molar-refractivity contribution < 1.29 is 8.76 Å². The van der Waals surface area contributed by atoms with Gasteiger partial charge in [-0.25, -0.2) is 0 Å². The zero-order valence-corrected chi connectivity index (χ0v) is 8.88. The van der Waals surface area contributed by atoms with Crippen molar-refractivity contribution in [2.45, 2.75) is 6.92 Å². The molecule has 0 saturated heterocycles. The molecular weight excluding hydrogens is 212 g/mol. The summed E-state index contributed by atoms with van der Waals surface area (Å²) in [6.45, 7) is 1.87. The Morgan fingerprint density at radius 3 is 2.87 bits per heavy atom. The van der Waals surface area contributed by atoms with Crippen molar-refractivity contribution in [3.8, 4) is 6.07 Å². The van der Waals surface area contributed by atoms with Crippen LogP contribution >= 0.6 is 0 Å². The molecule has 15 heavy (non-hydrogen) atoms. The summed E-state index contributed by atoms with van der Waals surface area (Å²) in [6, 6.07) is 6.84. The molecule has 1 atom stereocenters. The van der Waals surface area contributed by atoms with Crippen LogP contribution in [-0.4, -0.2) is 8.76 Å². The zero-order valence-electron chi connectivity index (χ0n) is 8.06. The lowest BCUT2D eigenvalue weighted by atomic mass is 10.1. The number of nitrogens with zero attached hydrogens (tertiary/aromatic N) is 1. The van der Waals surface area contributed by atoms with Gasteiger partial charge < -0.3 is 9.27 Å². The topological polar surface area (TPSA) is 75.9 Å². The van der Waals surface area contributed by atoms with E-state index in [9.17, 15) is 8.76 Å². The van der Waals surface area contributed by atoms with Crippen molar-refractivity contribution >= 4 is 23.0 Å². The summed E-state index contributed by atoms with van der Waals surface area (Å²) in [5.74, 6) is 0. The first-order valence-corrected chi connectivity index (χ1v) is 5.27. The van der Waals surface area contributed by atoms with E-state index in [4.69, 9.17) is 5.26 Å². The van der Waals surface area contributed by atoms with Gasteiger partial charge in [0, 0.05) is 11.3 Å². The molecule has 0 amide bonds. The fourth-order valence-electron chi connectivity index (χ4n) is 1.13.